The van der Waals surface area contributed by atoms with Crippen LogP contribution < -0.4 is 5.32 Å². The van der Waals surface area contributed by atoms with Crippen LogP contribution in [0.1, 0.15) is 19.3 Å². The molecule has 0 heterocycles. The molecule has 0 bridgehead atoms. The second-order valence-electron chi connectivity index (χ2n) is 3.90. The lowest BCUT2D eigenvalue weighted by Gasteiger charge is -2.07. The van der Waals surface area contributed by atoms with Crippen LogP contribution in [-0.2, 0) is 0 Å². The Morgan fingerprint density at radius 1 is 1.27 bits per heavy atom. The molecule has 82 valence electrons. The second kappa shape index (κ2) is 4.47. The summed E-state index contributed by atoms with van der Waals surface area (Å²) in [5.74, 6) is -0.295. The first kappa shape index (κ1) is 10.9. The van der Waals surface area contributed by atoms with Crippen LogP contribution >= 0.6 is 15.9 Å². The van der Waals surface area contributed by atoms with Crippen molar-refractivity contribution in [2.75, 3.05) is 11.9 Å². The molecule has 0 unspecified atom stereocenters. The molecule has 0 radical (unpaired) electrons. The van der Waals surface area contributed by atoms with Crippen molar-refractivity contribution in [3.05, 3.63) is 28.2 Å². The van der Waals surface area contributed by atoms with Crippen LogP contribution in [0, 0.1) is 17.6 Å². The molecule has 1 fully saturated rings. The normalized spacial score (nSPS) is 15.4. The quantitative estimate of drug-likeness (QED) is 0.821. The Morgan fingerprint density at radius 3 is 2.67 bits per heavy atom. The van der Waals surface area contributed by atoms with E-state index in [4.69, 9.17) is 0 Å². The predicted molar refractivity (Wildman–Crippen MR) is 59.9 cm³/mol. The molecule has 0 spiro atoms. The van der Waals surface area contributed by atoms with Crippen LogP contribution in [0.5, 0.6) is 0 Å². The molecule has 1 N–H and O–H groups in total. The van der Waals surface area contributed by atoms with Crippen LogP contribution in [0.3, 0.4) is 0 Å². The number of hydrogen-bond acceptors (Lipinski definition) is 1. The van der Waals surface area contributed by atoms with Crippen molar-refractivity contribution in [2.45, 2.75) is 19.3 Å². The largest absolute Gasteiger partial charge is 0.383 e. The summed E-state index contributed by atoms with van der Waals surface area (Å²) in [7, 11) is 0. The molecule has 1 aliphatic rings. The van der Waals surface area contributed by atoms with E-state index in [0.717, 1.165) is 24.9 Å². The minimum Gasteiger partial charge on any atom is -0.383 e. The zero-order valence-electron chi connectivity index (χ0n) is 8.19. The fourth-order valence-electron chi connectivity index (χ4n) is 1.48. The summed E-state index contributed by atoms with van der Waals surface area (Å²) in [4.78, 5) is 0. The lowest BCUT2D eigenvalue weighted by atomic mass is 10.2. The van der Waals surface area contributed by atoms with Crippen molar-refractivity contribution >= 4 is 21.6 Å². The van der Waals surface area contributed by atoms with Crippen molar-refractivity contribution in [3.8, 4) is 0 Å². The average molecular weight is 276 g/mol. The number of benzene rings is 1. The number of anilines is 1. The van der Waals surface area contributed by atoms with Crippen molar-refractivity contribution < 1.29 is 8.78 Å². The van der Waals surface area contributed by atoms with Gasteiger partial charge in [-0.2, -0.15) is 0 Å². The number of halogens is 3. The highest BCUT2D eigenvalue weighted by molar-refractivity contribution is 9.10. The minimum atomic E-state index is -0.569. The summed E-state index contributed by atoms with van der Waals surface area (Å²) in [5, 5.41) is 2.98. The van der Waals surface area contributed by atoms with E-state index in [1.165, 1.54) is 18.9 Å². The maximum absolute atomic E-state index is 13.2. The van der Waals surface area contributed by atoms with Crippen molar-refractivity contribution in [1.29, 1.82) is 0 Å². The predicted octanol–water partition coefficient (Wildman–Crippen LogP) is 3.94. The van der Waals surface area contributed by atoms with Gasteiger partial charge in [0.05, 0.1) is 10.2 Å². The third kappa shape index (κ3) is 2.91. The van der Waals surface area contributed by atoms with Crippen LogP contribution in [0.15, 0.2) is 16.6 Å². The zero-order chi connectivity index (χ0) is 10.8. The highest BCUT2D eigenvalue weighted by Crippen LogP contribution is 2.32. The van der Waals surface area contributed by atoms with Crippen LogP contribution in [0.25, 0.3) is 0 Å². The van der Waals surface area contributed by atoms with Crippen LogP contribution in [-0.4, -0.2) is 6.54 Å². The van der Waals surface area contributed by atoms with Crippen molar-refractivity contribution in [1.82, 2.24) is 0 Å². The third-order valence-corrected chi connectivity index (χ3v) is 3.18. The summed E-state index contributed by atoms with van der Waals surface area (Å²) in [6.07, 6.45) is 3.64. The Morgan fingerprint density at radius 2 is 2.00 bits per heavy atom. The maximum atomic E-state index is 13.2. The third-order valence-electron chi connectivity index (χ3n) is 2.57. The summed E-state index contributed by atoms with van der Waals surface area (Å²) < 4.78 is 26.4. The van der Waals surface area contributed by atoms with E-state index >= 15 is 0 Å². The zero-order valence-corrected chi connectivity index (χ0v) is 9.78. The molecular formula is C11H12BrF2N. The first-order valence-electron chi connectivity index (χ1n) is 5.05. The Balaban J connectivity index is 1.96. The summed E-state index contributed by atoms with van der Waals surface area (Å²) in [6, 6.07) is 2.33. The Labute approximate surface area is 96.0 Å². The first-order valence-corrected chi connectivity index (χ1v) is 5.84. The molecule has 0 aromatic heterocycles. The van der Waals surface area contributed by atoms with Gasteiger partial charge < -0.3 is 5.32 Å². The van der Waals surface area contributed by atoms with Gasteiger partial charge in [-0.15, -0.1) is 0 Å². The lowest BCUT2D eigenvalue weighted by Crippen LogP contribution is -2.04. The Hall–Kier alpha value is -0.640. The summed E-state index contributed by atoms with van der Waals surface area (Å²) >= 11 is 3.03. The first-order chi connectivity index (χ1) is 7.16. The minimum absolute atomic E-state index is 0.290. The highest BCUT2D eigenvalue weighted by atomic mass is 79.9. The molecule has 1 aromatic carbocycles. The molecule has 0 atom stereocenters. The van der Waals surface area contributed by atoms with Crippen molar-refractivity contribution in [3.63, 3.8) is 0 Å². The standard InChI is InChI=1S/C11H12BrF2N/c12-8-5-11(10(14)6-9(8)13)15-4-3-7-1-2-7/h5-7,15H,1-4H2. The maximum Gasteiger partial charge on any atom is 0.149 e. The van der Waals surface area contributed by atoms with E-state index < -0.39 is 11.6 Å². The lowest BCUT2D eigenvalue weighted by molar-refractivity contribution is 0.580. The van der Waals surface area contributed by atoms with Gasteiger partial charge in [-0.1, -0.05) is 12.8 Å². The van der Waals surface area contributed by atoms with E-state index in [9.17, 15) is 8.78 Å². The second-order valence-corrected chi connectivity index (χ2v) is 4.76. The van der Waals surface area contributed by atoms with Gasteiger partial charge in [-0.3, -0.25) is 0 Å². The molecule has 1 aromatic rings. The van der Waals surface area contributed by atoms with Crippen LogP contribution in [0.4, 0.5) is 14.5 Å². The molecule has 0 saturated heterocycles. The topological polar surface area (TPSA) is 12.0 Å². The highest BCUT2D eigenvalue weighted by Gasteiger charge is 2.20. The molecule has 15 heavy (non-hydrogen) atoms. The molecule has 1 nitrogen and oxygen atoms in total. The fourth-order valence-corrected chi connectivity index (χ4v) is 1.82. The Kier molecular flexibility index (Phi) is 3.24. The molecular weight excluding hydrogens is 264 g/mol. The van der Waals surface area contributed by atoms with Gasteiger partial charge in [0.2, 0.25) is 0 Å². The number of nitrogens with one attached hydrogen (secondary N) is 1. The molecule has 0 aliphatic heterocycles. The summed E-state index contributed by atoms with van der Waals surface area (Å²) in [6.45, 7) is 0.750. The SMILES string of the molecule is Fc1cc(F)c(NCCC2CC2)cc1Br. The average Bonchev–Trinajstić information content (AvgIpc) is 2.97. The van der Waals surface area contributed by atoms with Gasteiger partial charge in [-0.25, -0.2) is 8.78 Å². The monoisotopic (exact) mass is 275 g/mol. The summed E-state index contributed by atoms with van der Waals surface area (Å²) in [5.41, 5.74) is 0.365. The van der Waals surface area contributed by atoms with E-state index in [-0.39, 0.29) is 4.47 Å². The molecule has 4 heteroatoms. The van der Waals surface area contributed by atoms with Gasteiger partial charge in [0, 0.05) is 12.6 Å². The van der Waals surface area contributed by atoms with Crippen molar-refractivity contribution in [2.24, 2.45) is 5.92 Å². The molecule has 1 aliphatic carbocycles. The molecule has 1 saturated carbocycles. The smallest absolute Gasteiger partial charge is 0.149 e. The molecule has 0 amide bonds. The van der Waals surface area contributed by atoms with Gasteiger partial charge in [0.15, 0.2) is 0 Å². The fraction of sp³-hybridized carbons (Fsp3) is 0.455. The van der Waals surface area contributed by atoms with E-state index in [1.807, 2.05) is 0 Å². The van der Waals surface area contributed by atoms with Crippen LogP contribution in [0.2, 0.25) is 0 Å². The van der Waals surface area contributed by atoms with Gasteiger partial charge in [-0.05, 0) is 34.3 Å². The number of hydrogen-bond donors (Lipinski definition) is 1. The van der Waals surface area contributed by atoms with Gasteiger partial charge in [0.25, 0.3) is 0 Å². The Bertz CT molecular complexity index is 364. The van der Waals surface area contributed by atoms with E-state index in [1.54, 1.807) is 0 Å². The molecule has 2 rings (SSSR count). The van der Waals surface area contributed by atoms with E-state index in [2.05, 4.69) is 21.2 Å². The van der Waals surface area contributed by atoms with E-state index in [0.29, 0.717) is 5.69 Å². The number of rotatable bonds is 4. The van der Waals surface area contributed by atoms with Gasteiger partial charge >= 0.3 is 0 Å². The van der Waals surface area contributed by atoms with Gasteiger partial charge in [0.1, 0.15) is 11.6 Å².